The van der Waals surface area contributed by atoms with Gasteiger partial charge in [-0.3, -0.25) is 0 Å². The summed E-state index contributed by atoms with van der Waals surface area (Å²) in [5.74, 6) is 0.666. The summed E-state index contributed by atoms with van der Waals surface area (Å²) in [5.41, 5.74) is 5.00. The monoisotopic (exact) mass is 273 g/mol. The first-order valence-corrected chi connectivity index (χ1v) is 7.72. The largest absolute Gasteiger partial charge is 0.329 e. The average molecular weight is 273 g/mol. The topological polar surface area (TPSA) is 29.9 Å². The number of likely N-dealkylation sites (N-methyl/N-ethyl adjacent to an activating group) is 1. The number of aryl methyl sites for hydroxylation is 2. The van der Waals surface area contributed by atoms with Crippen molar-refractivity contribution in [2.24, 2.45) is 5.92 Å². The molecular weight excluding hydrogens is 246 g/mol. The summed E-state index contributed by atoms with van der Waals surface area (Å²) in [6.07, 6.45) is 3.18. The number of hydrogen-bond acceptors (Lipinski definition) is 2. The van der Waals surface area contributed by atoms with E-state index in [4.69, 9.17) is 0 Å². The minimum Gasteiger partial charge on any atom is -0.329 e. The third-order valence-corrected chi connectivity index (χ3v) is 4.43. The predicted octanol–water partition coefficient (Wildman–Crippen LogP) is 3.68. The fourth-order valence-corrected chi connectivity index (χ4v) is 2.66. The Morgan fingerprint density at radius 3 is 2.55 bits per heavy atom. The Labute approximate surface area is 122 Å². The maximum Gasteiger partial charge on any atom is 0.0958 e. The second kappa shape index (κ2) is 6.40. The van der Waals surface area contributed by atoms with Crippen LogP contribution in [0.1, 0.15) is 38.3 Å². The molecule has 110 valence electrons. The van der Waals surface area contributed by atoms with E-state index in [1.54, 1.807) is 0 Å². The number of benzene rings is 1. The molecule has 0 radical (unpaired) electrons. The molecule has 0 bridgehead atoms. The number of nitrogens with one attached hydrogen (secondary N) is 1. The van der Waals surface area contributed by atoms with E-state index in [1.807, 2.05) is 6.33 Å². The highest BCUT2D eigenvalue weighted by atomic mass is 15.1. The summed E-state index contributed by atoms with van der Waals surface area (Å²) >= 11 is 0. The standard InChI is InChI=1S/C17H27N3/c1-6-12(3)16(18-7-2)10-20-11-19-15-8-13(4)14(5)9-17(15)20/h8-9,11-12,16,18H,6-7,10H2,1-5H3. The number of fused-ring (bicyclic) bond motifs is 1. The van der Waals surface area contributed by atoms with E-state index < -0.39 is 0 Å². The third-order valence-electron chi connectivity index (χ3n) is 4.43. The van der Waals surface area contributed by atoms with Gasteiger partial charge in [0.2, 0.25) is 0 Å². The molecule has 0 spiro atoms. The Hall–Kier alpha value is -1.35. The van der Waals surface area contributed by atoms with Crippen LogP contribution in [0.25, 0.3) is 11.0 Å². The summed E-state index contributed by atoms with van der Waals surface area (Å²) in [6.45, 7) is 13.1. The molecule has 2 atom stereocenters. The molecule has 20 heavy (non-hydrogen) atoms. The zero-order chi connectivity index (χ0) is 14.7. The van der Waals surface area contributed by atoms with E-state index in [-0.39, 0.29) is 0 Å². The quantitative estimate of drug-likeness (QED) is 0.870. The summed E-state index contributed by atoms with van der Waals surface area (Å²) < 4.78 is 2.29. The lowest BCUT2D eigenvalue weighted by Gasteiger charge is -2.24. The molecule has 0 saturated carbocycles. The van der Waals surface area contributed by atoms with Crippen LogP contribution < -0.4 is 5.32 Å². The normalized spacial score (nSPS) is 14.7. The highest BCUT2D eigenvalue weighted by Crippen LogP contribution is 2.20. The Morgan fingerprint density at radius 1 is 1.20 bits per heavy atom. The van der Waals surface area contributed by atoms with Crippen LogP contribution in [0.4, 0.5) is 0 Å². The molecule has 1 aromatic heterocycles. The number of hydrogen-bond donors (Lipinski definition) is 1. The van der Waals surface area contributed by atoms with Gasteiger partial charge < -0.3 is 9.88 Å². The van der Waals surface area contributed by atoms with Crippen LogP contribution in [0.3, 0.4) is 0 Å². The summed E-state index contributed by atoms with van der Waals surface area (Å²) in [7, 11) is 0. The fraction of sp³-hybridized carbons (Fsp3) is 0.588. The van der Waals surface area contributed by atoms with E-state index in [0.717, 1.165) is 18.6 Å². The van der Waals surface area contributed by atoms with Gasteiger partial charge in [-0.15, -0.1) is 0 Å². The molecule has 2 rings (SSSR count). The van der Waals surface area contributed by atoms with E-state index in [2.05, 4.69) is 61.6 Å². The molecular formula is C17H27N3. The van der Waals surface area contributed by atoms with Crippen molar-refractivity contribution in [1.29, 1.82) is 0 Å². The van der Waals surface area contributed by atoms with Gasteiger partial charge >= 0.3 is 0 Å². The van der Waals surface area contributed by atoms with Crippen LogP contribution in [0.2, 0.25) is 0 Å². The Morgan fingerprint density at radius 2 is 1.90 bits per heavy atom. The SMILES string of the molecule is CCNC(Cn1cnc2cc(C)c(C)cc21)C(C)CC. The second-order valence-corrected chi connectivity index (χ2v) is 5.87. The molecule has 3 nitrogen and oxygen atoms in total. The van der Waals surface area contributed by atoms with Gasteiger partial charge in [-0.2, -0.15) is 0 Å². The average Bonchev–Trinajstić information content (AvgIpc) is 2.80. The molecule has 0 saturated heterocycles. The first-order chi connectivity index (χ1) is 9.56. The highest BCUT2D eigenvalue weighted by molar-refractivity contribution is 5.77. The fourth-order valence-electron chi connectivity index (χ4n) is 2.66. The minimum absolute atomic E-state index is 0.504. The molecule has 3 heteroatoms. The minimum atomic E-state index is 0.504. The van der Waals surface area contributed by atoms with Crippen LogP contribution in [0, 0.1) is 19.8 Å². The van der Waals surface area contributed by atoms with Gasteiger partial charge in [-0.05, 0) is 49.6 Å². The van der Waals surface area contributed by atoms with Gasteiger partial charge in [0.05, 0.1) is 17.4 Å². The van der Waals surface area contributed by atoms with Crippen molar-refractivity contribution in [1.82, 2.24) is 14.9 Å². The second-order valence-electron chi connectivity index (χ2n) is 5.87. The molecule has 0 aliphatic heterocycles. The van der Waals surface area contributed by atoms with Crippen LogP contribution in [0.15, 0.2) is 18.5 Å². The number of rotatable bonds is 6. The van der Waals surface area contributed by atoms with E-state index in [0.29, 0.717) is 12.0 Å². The Bertz CT molecular complexity index is 571. The van der Waals surface area contributed by atoms with Gasteiger partial charge in [-0.25, -0.2) is 4.98 Å². The smallest absolute Gasteiger partial charge is 0.0958 e. The van der Waals surface area contributed by atoms with Crippen molar-refractivity contribution < 1.29 is 0 Å². The molecule has 0 fully saturated rings. The van der Waals surface area contributed by atoms with Crippen LogP contribution >= 0.6 is 0 Å². The van der Waals surface area contributed by atoms with Crippen LogP contribution in [0.5, 0.6) is 0 Å². The van der Waals surface area contributed by atoms with Gasteiger partial charge in [0.15, 0.2) is 0 Å². The molecule has 1 aromatic carbocycles. The van der Waals surface area contributed by atoms with Crippen molar-refractivity contribution in [2.75, 3.05) is 6.54 Å². The Balaban J connectivity index is 2.30. The number of aromatic nitrogens is 2. The molecule has 0 amide bonds. The van der Waals surface area contributed by atoms with Gasteiger partial charge in [0.25, 0.3) is 0 Å². The maximum absolute atomic E-state index is 4.55. The van der Waals surface area contributed by atoms with E-state index >= 15 is 0 Å². The molecule has 0 aliphatic carbocycles. The van der Waals surface area contributed by atoms with Gasteiger partial charge in [0, 0.05) is 12.6 Å². The first kappa shape index (κ1) is 15.0. The molecule has 2 aromatic rings. The lowest BCUT2D eigenvalue weighted by molar-refractivity contribution is 0.337. The summed E-state index contributed by atoms with van der Waals surface area (Å²) in [6, 6.07) is 4.95. The molecule has 0 aliphatic rings. The first-order valence-electron chi connectivity index (χ1n) is 7.72. The molecule has 2 unspecified atom stereocenters. The number of imidazole rings is 1. The maximum atomic E-state index is 4.55. The van der Waals surface area contributed by atoms with Crippen molar-refractivity contribution in [3.8, 4) is 0 Å². The van der Waals surface area contributed by atoms with Crippen molar-refractivity contribution in [3.63, 3.8) is 0 Å². The van der Waals surface area contributed by atoms with Crippen molar-refractivity contribution in [3.05, 3.63) is 29.6 Å². The predicted molar refractivity (Wildman–Crippen MR) is 86.1 cm³/mol. The van der Waals surface area contributed by atoms with E-state index in [9.17, 15) is 0 Å². The number of nitrogens with zero attached hydrogens (tertiary/aromatic N) is 2. The van der Waals surface area contributed by atoms with Crippen LogP contribution in [-0.2, 0) is 6.54 Å². The van der Waals surface area contributed by atoms with Gasteiger partial charge in [-0.1, -0.05) is 27.2 Å². The van der Waals surface area contributed by atoms with Crippen molar-refractivity contribution >= 4 is 11.0 Å². The summed E-state index contributed by atoms with van der Waals surface area (Å²) in [4.78, 5) is 4.55. The highest BCUT2D eigenvalue weighted by Gasteiger charge is 2.16. The lowest BCUT2D eigenvalue weighted by Crippen LogP contribution is -2.38. The summed E-state index contributed by atoms with van der Waals surface area (Å²) in [5, 5.41) is 3.61. The molecule has 1 N–H and O–H groups in total. The van der Waals surface area contributed by atoms with E-state index in [1.165, 1.54) is 23.1 Å². The van der Waals surface area contributed by atoms with Crippen molar-refractivity contribution in [2.45, 2.75) is 53.6 Å². The van der Waals surface area contributed by atoms with Gasteiger partial charge in [0.1, 0.15) is 0 Å². The molecule has 1 heterocycles. The third kappa shape index (κ3) is 3.04. The lowest BCUT2D eigenvalue weighted by atomic mass is 9.99. The van der Waals surface area contributed by atoms with Crippen LogP contribution in [-0.4, -0.2) is 22.1 Å². The zero-order valence-corrected chi connectivity index (χ0v) is 13.4. The zero-order valence-electron chi connectivity index (χ0n) is 13.4. The Kier molecular flexibility index (Phi) is 4.81.